The van der Waals surface area contributed by atoms with E-state index in [1.54, 1.807) is 48.7 Å². The molecule has 0 radical (unpaired) electrons. The molecule has 2 aliphatic heterocycles. The Morgan fingerprint density at radius 1 is 0.914 bits per heavy atom. The molecule has 0 unspecified atom stereocenters. The highest BCUT2D eigenvalue weighted by molar-refractivity contribution is 7.92. The highest BCUT2D eigenvalue weighted by Gasteiger charge is 2.44. The number of halogens is 1. The molecule has 4 N–H and O–H groups in total. The molecule has 3 aromatic heterocycles. The molecule has 0 aliphatic carbocycles. The van der Waals surface area contributed by atoms with Crippen molar-refractivity contribution < 1.29 is 51.2 Å². The number of H-pyrrole nitrogens is 1. The van der Waals surface area contributed by atoms with E-state index in [0.29, 0.717) is 62.1 Å². The second-order valence-corrected chi connectivity index (χ2v) is 24.5. The second-order valence-electron chi connectivity index (χ2n) is 22.0. The quantitative estimate of drug-likeness (QED) is 0.0327. The van der Waals surface area contributed by atoms with Crippen molar-refractivity contribution in [3.8, 4) is 21.8 Å². The number of aliphatic hydroxyl groups excluding tert-OH is 1. The second kappa shape index (κ2) is 28.7. The standard InChI is InChI=1S/C59H76FN9O10S2/c1-39-10-20-50(60)53(30-39)81(74,75)67-44-17-15-43(16-18-44)55-64-51(48-34-63-66-56(48)65-55)21-19-47-36-68(23-25-79-47)22-8-6-7-9-24-76-26-27-77-28-29-78-37-46(71)31-49(59(3,4)5)58(73)69-35-45(70)32-52(69)57(72)61-33-41-11-13-42(14-12-41)54-40(2)62-38-80-54/h10-18,20,30,34,38,45,47,49,52,67,70H,6-9,19,21-29,31-33,35-37H2,1-5H3,(H,61,72)(H,63,64,65,66)/t45-,47+,49-,52+/m1/s1. The number of morpholine rings is 1. The molecule has 0 saturated carbocycles. The zero-order chi connectivity index (χ0) is 57.5. The SMILES string of the molecule is Cc1ccc(F)c(S(=O)(=O)Nc2ccc(-c3nc(CC[C@H]4CN(CCCCCCOCCOCCOCC(=O)C[C@H](C(=O)N5C[C@H](O)C[C@H]5C(=O)NCc5ccc(-c6scnc6C)cc5)C(C)(C)C)CCO4)c4cn[nH]c4n3)cc2)c1. The van der Waals surface area contributed by atoms with Crippen molar-refractivity contribution in [2.45, 2.75) is 116 Å². The van der Waals surface area contributed by atoms with Crippen LogP contribution in [0.25, 0.3) is 32.9 Å². The van der Waals surface area contributed by atoms with Gasteiger partial charge in [0.2, 0.25) is 11.8 Å². The van der Waals surface area contributed by atoms with Crippen molar-refractivity contribution in [2.24, 2.45) is 11.3 Å². The Hall–Kier alpha value is -6.11. The van der Waals surface area contributed by atoms with E-state index in [0.717, 1.165) is 90.6 Å². The number of carbonyl (C=O) groups is 3. The third-order valence-electron chi connectivity index (χ3n) is 14.7. The zero-order valence-electron chi connectivity index (χ0n) is 47.0. The number of anilines is 1. The van der Waals surface area contributed by atoms with E-state index in [-0.39, 0.29) is 68.5 Å². The highest BCUT2D eigenvalue weighted by atomic mass is 32.2. The van der Waals surface area contributed by atoms with Crippen LogP contribution in [0.4, 0.5) is 10.1 Å². The van der Waals surface area contributed by atoms with Gasteiger partial charge in [0.15, 0.2) is 17.3 Å². The van der Waals surface area contributed by atoms with Crippen LogP contribution in [0, 0.1) is 31.0 Å². The summed E-state index contributed by atoms with van der Waals surface area (Å²) in [5.41, 5.74) is 7.18. The smallest absolute Gasteiger partial charge is 0.264 e. The van der Waals surface area contributed by atoms with E-state index in [4.69, 9.17) is 23.9 Å². The van der Waals surface area contributed by atoms with Crippen molar-refractivity contribution in [2.75, 3.05) is 77.1 Å². The minimum absolute atomic E-state index is 0.0226. The van der Waals surface area contributed by atoms with Gasteiger partial charge in [-0.3, -0.25) is 29.1 Å². The van der Waals surface area contributed by atoms with Gasteiger partial charge in [0.25, 0.3) is 10.0 Å². The van der Waals surface area contributed by atoms with E-state index in [1.165, 1.54) is 17.0 Å². The number of benzene rings is 3. The number of ketones is 1. The summed E-state index contributed by atoms with van der Waals surface area (Å²) in [5.74, 6) is -1.97. The summed E-state index contributed by atoms with van der Waals surface area (Å²) < 4.78 is 66.1. The van der Waals surface area contributed by atoms with Gasteiger partial charge >= 0.3 is 0 Å². The fourth-order valence-electron chi connectivity index (χ4n) is 10.1. The number of aromatic amines is 1. The number of aliphatic hydroxyl groups is 1. The first-order valence-corrected chi connectivity index (χ1v) is 30.2. The van der Waals surface area contributed by atoms with Crippen LogP contribution in [0.2, 0.25) is 0 Å². The maximum absolute atomic E-state index is 14.4. The average Bonchev–Trinajstić information content (AvgIpc) is 4.35. The van der Waals surface area contributed by atoms with E-state index in [1.807, 2.05) is 57.5 Å². The van der Waals surface area contributed by atoms with Crippen LogP contribution in [0.5, 0.6) is 0 Å². The molecule has 4 atom stereocenters. The minimum atomic E-state index is -4.14. The number of nitrogens with one attached hydrogen (secondary N) is 3. The Morgan fingerprint density at radius 3 is 2.38 bits per heavy atom. The molecular weight excluding hydrogens is 1080 g/mol. The maximum atomic E-state index is 14.4. The number of aryl methyl sites for hydroxylation is 3. The first-order valence-electron chi connectivity index (χ1n) is 27.9. The monoisotopic (exact) mass is 1150 g/mol. The van der Waals surface area contributed by atoms with Crippen LogP contribution < -0.4 is 10.0 Å². The summed E-state index contributed by atoms with van der Waals surface area (Å²) in [4.78, 5) is 59.1. The number of Topliss-reactive ketones (excluding diaryl/α,β-unsaturated/α-hetero) is 1. The van der Waals surface area contributed by atoms with Gasteiger partial charge in [-0.1, -0.05) is 63.9 Å². The van der Waals surface area contributed by atoms with Crippen LogP contribution in [0.3, 0.4) is 0 Å². The van der Waals surface area contributed by atoms with E-state index in [2.05, 4.69) is 35.1 Å². The number of aromatic nitrogens is 5. The summed E-state index contributed by atoms with van der Waals surface area (Å²) in [6.45, 7) is 14.9. The summed E-state index contributed by atoms with van der Waals surface area (Å²) in [6.07, 6.45) is 6.60. The summed E-state index contributed by atoms with van der Waals surface area (Å²) in [7, 11) is -4.14. The lowest BCUT2D eigenvalue weighted by Gasteiger charge is -2.34. The van der Waals surface area contributed by atoms with Gasteiger partial charge in [0.1, 0.15) is 23.4 Å². The third kappa shape index (κ3) is 17.2. The fourth-order valence-corrected chi connectivity index (χ4v) is 12.2. The molecule has 81 heavy (non-hydrogen) atoms. The Kier molecular flexibility index (Phi) is 21.6. The number of fused-ring (bicyclic) bond motifs is 1. The molecule has 436 valence electrons. The molecule has 8 rings (SSSR count). The van der Waals surface area contributed by atoms with E-state index < -0.39 is 44.2 Å². The van der Waals surface area contributed by atoms with Crippen molar-refractivity contribution in [3.63, 3.8) is 0 Å². The Balaban J connectivity index is 0.660. The normalized spacial score (nSPS) is 17.4. The molecule has 19 nitrogen and oxygen atoms in total. The predicted molar refractivity (Wildman–Crippen MR) is 307 cm³/mol. The molecular formula is C59H76FN9O10S2. The Labute approximate surface area is 477 Å². The van der Waals surface area contributed by atoms with Gasteiger partial charge in [0, 0.05) is 62.8 Å². The number of amides is 2. The van der Waals surface area contributed by atoms with Gasteiger partial charge in [-0.05, 0) is 105 Å². The first kappa shape index (κ1) is 61.0. The maximum Gasteiger partial charge on any atom is 0.264 e. The van der Waals surface area contributed by atoms with Crippen molar-refractivity contribution in [1.29, 1.82) is 0 Å². The molecule has 6 aromatic rings. The topological polar surface area (TPSA) is 240 Å². The number of nitrogens with zero attached hydrogens (tertiary/aromatic N) is 6. The minimum Gasteiger partial charge on any atom is -0.391 e. The fraction of sp³-hybridized carbons (Fsp3) is 0.508. The number of ether oxygens (including phenoxy) is 4. The lowest BCUT2D eigenvalue weighted by atomic mass is 9.77. The molecule has 2 amide bonds. The van der Waals surface area contributed by atoms with Gasteiger partial charge in [0.05, 0.1) is 78.6 Å². The molecule has 0 bridgehead atoms. The van der Waals surface area contributed by atoms with Crippen LogP contribution in [-0.2, 0) is 56.3 Å². The van der Waals surface area contributed by atoms with Crippen molar-refractivity contribution >= 4 is 55.7 Å². The van der Waals surface area contributed by atoms with Gasteiger partial charge < -0.3 is 34.3 Å². The average molecular weight is 1150 g/mol. The summed E-state index contributed by atoms with van der Waals surface area (Å²) >= 11 is 1.58. The number of likely N-dealkylation sites (tertiary alicyclic amines) is 1. The molecule has 2 fully saturated rings. The van der Waals surface area contributed by atoms with Crippen LogP contribution in [0.15, 0.2) is 83.3 Å². The molecule has 2 saturated heterocycles. The predicted octanol–water partition coefficient (Wildman–Crippen LogP) is 7.84. The van der Waals surface area contributed by atoms with Crippen LogP contribution in [0.1, 0.15) is 88.2 Å². The van der Waals surface area contributed by atoms with Gasteiger partial charge in [-0.15, -0.1) is 11.3 Å². The van der Waals surface area contributed by atoms with Crippen LogP contribution in [-0.4, -0.2) is 157 Å². The Morgan fingerprint density at radius 2 is 1.64 bits per heavy atom. The Bertz CT molecular complexity index is 3150. The highest BCUT2D eigenvalue weighted by Crippen LogP contribution is 2.34. The molecule has 22 heteroatoms. The number of unbranched alkanes of at least 4 members (excludes halogenated alkanes) is 3. The third-order valence-corrected chi connectivity index (χ3v) is 17.0. The van der Waals surface area contributed by atoms with Crippen molar-refractivity contribution in [3.05, 3.63) is 107 Å². The zero-order valence-corrected chi connectivity index (χ0v) is 48.6. The molecule has 3 aromatic carbocycles. The van der Waals surface area contributed by atoms with Crippen LogP contribution >= 0.6 is 11.3 Å². The molecule has 0 spiro atoms. The van der Waals surface area contributed by atoms with Gasteiger partial charge in [-0.2, -0.15) is 5.10 Å². The number of β-amino-alcohol motifs (C(OH)–C–C–N with tert-alkyl or cyclic N) is 1. The van der Waals surface area contributed by atoms with Gasteiger partial charge in [-0.25, -0.2) is 27.8 Å². The lowest BCUT2D eigenvalue weighted by molar-refractivity contribution is -0.146. The number of thiazole rings is 1. The summed E-state index contributed by atoms with van der Waals surface area (Å²) in [6, 6.07) is 17.7. The largest absolute Gasteiger partial charge is 0.391 e. The summed E-state index contributed by atoms with van der Waals surface area (Å²) in [5, 5.41) is 21.5. The molecule has 2 aliphatic rings. The number of rotatable bonds is 29. The van der Waals surface area contributed by atoms with Crippen molar-refractivity contribution in [1.82, 2.24) is 40.3 Å². The first-order chi connectivity index (χ1) is 38.9. The number of sulfonamides is 1. The number of carbonyl (C=O) groups excluding carboxylic acids is 3. The lowest BCUT2D eigenvalue weighted by Crippen LogP contribution is -2.50. The number of hydrogen-bond acceptors (Lipinski definition) is 16. The number of hydrogen-bond donors (Lipinski definition) is 4. The van der Waals surface area contributed by atoms with E-state index in [9.17, 15) is 32.3 Å². The molecule has 5 heterocycles. The van der Waals surface area contributed by atoms with E-state index >= 15 is 0 Å².